The van der Waals surface area contributed by atoms with E-state index in [1.807, 2.05) is 0 Å². The van der Waals surface area contributed by atoms with E-state index in [-0.39, 0.29) is 0 Å². The van der Waals surface area contributed by atoms with Gasteiger partial charge in [-0.25, -0.2) is 0 Å². The zero-order chi connectivity index (χ0) is 10.7. The van der Waals surface area contributed by atoms with Crippen molar-refractivity contribution in [2.45, 2.75) is 38.6 Å². The molecule has 0 aromatic rings. The molecule has 86 valence electrons. The van der Waals surface area contributed by atoms with E-state index in [2.05, 4.69) is 11.8 Å². The van der Waals surface area contributed by atoms with Gasteiger partial charge in [0.05, 0.1) is 13.2 Å². The van der Waals surface area contributed by atoms with Crippen LogP contribution in [-0.4, -0.2) is 43.0 Å². The quantitative estimate of drug-likeness (QED) is 0.692. The highest BCUT2D eigenvalue weighted by Gasteiger charge is 2.25. The zero-order valence-corrected chi connectivity index (χ0v) is 9.58. The number of ether oxygens (including phenoxy) is 1. The Bertz CT molecular complexity index is 230. The Kier molecular flexibility index (Phi) is 3.76. The van der Waals surface area contributed by atoms with Crippen molar-refractivity contribution in [3.63, 3.8) is 0 Å². The normalized spacial score (nSPS) is 34.3. The van der Waals surface area contributed by atoms with Crippen molar-refractivity contribution in [2.24, 2.45) is 5.92 Å². The molecule has 1 saturated heterocycles. The Hall–Kier alpha value is -0.410. The molecule has 2 atom stereocenters. The van der Waals surface area contributed by atoms with Gasteiger partial charge < -0.3 is 4.74 Å². The van der Waals surface area contributed by atoms with Crippen LogP contribution in [0.4, 0.5) is 0 Å². The lowest BCUT2D eigenvalue weighted by molar-refractivity contribution is -0.122. The van der Waals surface area contributed by atoms with Gasteiger partial charge in [0.1, 0.15) is 5.78 Å². The maximum atomic E-state index is 11.4. The number of hydrogen-bond acceptors (Lipinski definition) is 3. The van der Waals surface area contributed by atoms with Crippen molar-refractivity contribution >= 4 is 5.78 Å². The molecule has 2 rings (SSSR count). The number of carbonyl (C=O) groups excluding carboxylic acids is 1. The van der Waals surface area contributed by atoms with Crippen LogP contribution in [0, 0.1) is 5.92 Å². The van der Waals surface area contributed by atoms with E-state index < -0.39 is 0 Å². The van der Waals surface area contributed by atoms with E-state index in [0.29, 0.717) is 17.7 Å². The lowest BCUT2D eigenvalue weighted by Gasteiger charge is -2.36. The number of hydrogen-bond donors (Lipinski definition) is 0. The van der Waals surface area contributed by atoms with Crippen LogP contribution in [0.5, 0.6) is 0 Å². The van der Waals surface area contributed by atoms with Crippen LogP contribution >= 0.6 is 0 Å². The molecule has 0 spiro atoms. The third-order valence-electron chi connectivity index (χ3n) is 3.58. The first-order chi connectivity index (χ1) is 7.25. The first-order valence-corrected chi connectivity index (χ1v) is 6.09. The first kappa shape index (κ1) is 11.1. The fourth-order valence-corrected chi connectivity index (χ4v) is 2.63. The van der Waals surface area contributed by atoms with Gasteiger partial charge in [0.2, 0.25) is 0 Å². The number of nitrogens with zero attached hydrogens (tertiary/aromatic N) is 1. The summed E-state index contributed by atoms with van der Waals surface area (Å²) in [5, 5.41) is 0. The van der Waals surface area contributed by atoms with Crippen LogP contribution in [0.25, 0.3) is 0 Å². The average molecular weight is 211 g/mol. The van der Waals surface area contributed by atoms with E-state index in [1.165, 1.54) is 6.42 Å². The van der Waals surface area contributed by atoms with E-state index in [4.69, 9.17) is 4.74 Å². The number of carbonyl (C=O) groups is 1. The van der Waals surface area contributed by atoms with Crippen molar-refractivity contribution in [2.75, 3.05) is 26.3 Å². The molecule has 0 bridgehead atoms. The molecule has 3 heteroatoms. The second-order valence-corrected chi connectivity index (χ2v) is 4.92. The number of ketones is 1. The van der Waals surface area contributed by atoms with Crippen LogP contribution in [0.15, 0.2) is 0 Å². The molecule has 0 aromatic heterocycles. The minimum absolute atomic E-state index is 0.465. The number of Topliss-reactive ketones (excluding diaryl/α,β-unsaturated/α-hetero) is 1. The molecule has 2 aliphatic rings. The molecule has 15 heavy (non-hydrogen) atoms. The molecule has 0 radical (unpaired) electrons. The summed E-state index contributed by atoms with van der Waals surface area (Å²) in [6.07, 6.45) is 3.96. The molecule has 0 N–H and O–H groups in total. The van der Waals surface area contributed by atoms with Gasteiger partial charge in [0, 0.05) is 32.0 Å². The highest BCUT2D eigenvalue weighted by Crippen LogP contribution is 2.23. The molecular formula is C12H21NO2. The van der Waals surface area contributed by atoms with Gasteiger partial charge in [-0.1, -0.05) is 0 Å². The summed E-state index contributed by atoms with van der Waals surface area (Å²) in [4.78, 5) is 13.8. The van der Waals surface area contributed by atoms with Crippen LogP contribution in [0.2, 0.25) is 0 Å². The number of morpholine rings is 1. The summed E-state index contributed by atoms with van der Waals surface area (Å²) in [5.74, 6) is 1.07. The fourth-order valence-electron chi connectivity index (χ4n) is 2.63. The molecule has 2 unspecified atom stereocenters. The summed E-state index contributed by atoms with van der Waals surface area (Å²) in [7, 11) is 0. The summed E-state index contributed by atoms with van der Waals surface area (Å²) in [6.45, 7) is 6.04. The average Bonchev–Trinajstić information content (AvgIpc) is 2.22. The first-order valence-electron chi connectivity index (χ1n) is 6.09. The highest BCUT2D eigenvalue weighted by molar-refractivity contribution is 5.79. The molecule has 1 heterocycles. The maximum Gasteiger partial charge on any atom is 0.133 e. The second kappa shape index (κ2) is 5.08. The minimum Gasteiger partial charge on any atom is -0.379 e. The largest absolute Gasteiger partial charge is 0.379 e. The van der Waals surface area contributed by atoms with Gasteiger partial charge in [-0.3, -0.25) is 9.69 Å². The van der Waals surface area contributed by atoms with Crippen molar-refractivity contribution < 1.29 is 9.53 Å². The minimum atomic E-state index is 0.465. The van der Waals surface area contributed by atoms with Gasteiger partial charge in [-0.15, -0.1) is 0 Å². The van der Waals surface area contributed by atoms with Crippen molar-refractivity contribution in [3.8, 4) is 0 Å². The van der Waals surface area contributed by atoms with Crippen LogP contribution < -0.4 is 0 Å². The molecule has 2 fully saturated rings. The maximum absolute atomic E-state index is 11.4. The monoisotopic (exact) mass is 211 g/mol. The van der Waals surface area contributed by atoms with Gasteiger partial charge in [0.25, 0.3) is 0 Å². The smallest absolute Gasteiger partial charge is 0.133 e. The Balaban J connectivity index is 1.81. The van der Waals surface area contributed by atoms with E-state index in [0.717, 1.165) is 45.6 Å². The predicted octanol–water partition coefficient (Wildman–Crippen LogP) is 1.47. The van der Waals surface area contributed by atoms with Gasteiger partial charge in [-0.2, -0.15) is 0 Å². The second-order valence-electron chi connectivity index (χ2n) is 4.92. The van der Waals surface area contributed by atoms with E-state index >= 15 is 0 Å². The molecule has 1 aliphatic heterocycles. The predicted molar refractivity (Wildman–Crippen MR) is 58.8 cm³/mol. The lowest BCUT2D eigenvalue weighted by atomic mass is 9.87. The zero-order valence-electron chi connectivity index (χ0n) is 9.58. The summed E-state index contributed by atoms with van der Waals surface area (Å²) >= 11 is 0. The fraction of sp³-hybridized carbons (Fsp3) is 0.917. The summed E-state index contributed by atoms with van der Waals surface area (Å²) in [5.41, 5.74) is 0. The highest BCUT2D eigenvalue weighted by atomic mass is 16.5. The third-order valence-corrected chi connectivity index (χ3v) is 3.58. The Morgan fingerprint density at radius 1 is 1.53 bits per heavy atom. The number of rotatable bonds is 2. The SMILES string of the molecule is CC1COCCN1CC1CCCC(=O)C1. The molecule has 1 aliphatic carbocycles. The van der Waals surface area contributed by atoms with Gasteiger partial charge in [-0.05, 0) is 25.7 Å². The van der Waals surface area contributed by atoms with Crippen molar-refractivity contribution in [1.29, 1.82) is 0 Å². The topological polar surface area (TPSA) is 29.5 Å². The summed E-state index contributed by atoms with van der Waals surface area (Å²) in [6, 6.07) is 0.524. The molecular weight excluding hydrogens is 190 g/mol. The Labute approximate surface area is 91.8 Å². The van der Waals surface area contributed by atoms with Crippen LogP contribution in [-0.2, 0) is 9.53 Å². The van der Waals surface area contributed by atoms with Crippen molar-refractivity contribution in [3.05, 3.63) is 0 Å². The molecule has 0 amide bonds. The molecule has 1 saturated carbocycles. The van der Waals surface area contributed by atoms with Gasteiger partial charge >= 0.3 is 0 Å². The standard InChI is InChI=1S/C12H21NO2/c1-10-9-15-6-5-13(10)8-11-3-2-4-12(14)7-11/h10-11H,2-9H2,1H3. The Morgan fingerprint density at radius 3 is 3.13 bits per heavy atom. The van der Waals surface area contributed by atoms with Crippen LogP contribution in [0.3, 0.4) is 0 Å². The van der Waals surface area contributed by atoms with Crippen molar-refractivity contribution in [1.82, 2.24) is 4.90 Å². The Morgan fingerprint density at radius 2 is 2.40 bits per heavy atom. The molecule has 3 nitrogen and oxygen atoms in total. The summed E-state index contributed by atoms with van der Waals surface area (Å²) < 4.78 is 5.41. The molecule has 0 aromatic carbocycles. The van der Waals surface area contributed by atoms with Gasteiger partial charge in [0.15, 0.2) is 0 Å². The van der Waals surface area contributed by atoms with E-state index in [1.54, 1.807) is 0 Å². The van der Waals surface area contributed by atoms with E-state index in [9.17, 15) is 4.79 Å². The van der Waals surface area contributed by atoms with Crippen LogP contribution in [0.1, 0.15) is 32.6 Å². The third kappa shape index (κ3) is 3.02. The lowest BCUT2D eigenvalue weighted by Crippen LogP contribution is -2.46.